The van der Waals surface area contributed by atoms with Gasteiger partial charge in [0.2, 0.25) is 0 Å². The standard InChI is InChI=1S/C23H25FN6O3/c1-29-11-15(8-26-29)19-9-25-17-4-5-21(30(23(17)28-19)10-14-12-33-13-14)27-18-6-16(31-2)7-20(32-3)22(18)24/h4-7,9,11,14,26H,8,10,12-13H2,1-3H3. The van der Waals surface area contributed by atoms with E-state index in [1.807, 2.05) is 35.0 Å². The quantitative estimate of drug-likeness (QED) is 0.614. The molecule has 1 saturated heterocycles. The summed E-state index contributed by atoms with van der Waals surface area (Å²) in [5.74, 6) is 0.295. The first-order chi connectivity index (χ1) is 16.1. The highest BCUT2D eigenvalue weighted by atomic mass is 19.1. The molecule has 5 rings (SSSR count). The van der Waals surface area contributed by atoms with Gasteiger partial charge in [-0.25, -0.2) is 19.8 Å². The van der Waals surface area contributed by atoms with Crippen molar-refractivity contribution in [3.05, 3.63) is 53.7 Å². The Hall–Kier alpha value is -3.50. The number of pyridine rings is 1. The summed E-state index contributed by atoms with van der Waals surface area (Å²) < 4.78 is 32.8. The predicted octanol–water partition coefficient (Wildman–Crippen LogP) is 2.26. The molecule has 2 aliphatic heterocycles. The molecule has 1 N–H and O–H groups in total. The van der Waals surface area contributed by atoms with Gasteiger partial charge in [-0.05, 0) is 12.1 Å². The first-order valence-corrected chi connectivity index (χ1v) is 10.6. The van der Waals surface area contributed by atoms with Crippen molar-refractivity contribution in [3.63, 3.8) is 0 Å². The highest BCUT2D eigenvalue weighted by Crippen LogP contribution is 2.32. The van der Waals surface area contributed by atoms with Crippen molar-refractivity contribution < 1.29 is 18.6 Å². The molecule has 0 bridgehead atoms. The molecule has 1 fully saturated rings. The molecule has 4 heterocycles. The van der Waals surface area contributed by atoms with Crippen molar-refractivity contribution in [1.29, 1.82) is 0 Å². The molecule has 0 atom stereocenters. The van der Waals surface area contributed by atoms with Crippen LogP contribution >= 0.6 is 0 Å². The molecule has 3 aromatic rings. The van der Waals surface area contributed by atoms with E-state index in [-0.39, 0.29) is 11.4 Å². The summed E-state index contributed by atoms with van der Waals surface area (Å²) in [6.07, 6.45) is 3.77. The fraction of sp³-hybridized carbons (Fsp3) is 0.348. The van der Waals surface area contributed by atoms with Crippen LogP contribution in [0.2, 0.25) is 0 Å². The summed E-state index contributed by atoms with van der Waals surface area (Å²) in [5, 5.41) is 1.89. The minimum Gasteiger partial charge on any atom is -0.497 e. The van der Waals surface area contributed by atoms with E-state index in [4.69, 9.17) is 19.2 Å². The van der Waals surface area contributed by atoms with Crippen LogP contribution in [0.4, 0.5) is 10.1 Å². The van der Waals surface area contributed by atoms with Gasteiger partial charge in [0.05, 0.1) is 39.3 Å². The lowest BCUT2D eigenvalue weighted by atomic mass is 10.1. The molecule has 0 aliphatic carbocycles. The van der Waals surface area contributed by atoms with Crippen LogP contribution in [0.25, 0.3) is 16.7 Å². The predicted molar refractivity (Wildman–Crippen MR) is 120 cm³/mol. The summed E-state index contributed by atoms with van der Waals surface area (Å²) in [7, 11) is 4.87. The zero-order chi connectivity index (χ0) is 22.9. The Labute approximate surface area is 190 Å². The number of methoxy groups -OCH3 is 2. The summed E-state index contributed by atoms with van der Waals surface area (Å²) in [4.78, 5) is 14.2. The van der Waals surface area contributed by atoms with Crippen LogP contribution < -0.4 is 20.4 Å². The second-order valence-electron chi connectivity index (χ2n) is 8.04. The molecule has 1 aromatic carbocycles. The van der Waals surface area contributed by atoms with Crippen LogP contribution in [0.15, 0.2) is 41.7 Å². The van der Waals surface area contributed by atoms with Gasteiger partial charge in [-0.15, -0.1) is 0 Å². The maximum Gasteiger partial charge on any atom is 0.190 e. The second kappa shape index (κ2) is 8.80. The van der Waals surface area contributed by atoms with Crippen LogP contribution in [0.1, 0.15) is 5.69 Å². The number of hydrogen-bond donors (Lipinski definition) is 1. The summed E-state index contributed by atoms with van der Waals surface area (Å²) in [6.45, 7) is 2.63. The third-order valence-corrected chi connectivity index (χ3v) is 5.73. The molecule has 33 heavy (non-hydrogen) atoms. The monoisotopic (exact) mass is 452 g/mol. The maximum atomic E-state index is 15.0. The van der Waals surface area contributed by atoms with Gasteiger partial charge < -0.3 is 23.8 Å². The Balaban J connectivity index is 1.70. The Morgan fingerprint density at radius 3 is 2.76 bits per heavy atom. The number of halogens is 1. The summed E-state index contributed by atoms with van der Waals surface area (Å²) in [5.41, 5.74) is 7.15. The number of nitrogens with one attached hydrogen (secondary N) is 1. The largest absolute Gasteiger partial charge is 0.497 e. The molecule has 9 nitrogen and oxygen atoms in total. The summed E-state index contributed by atoms with van der Waals surface area (Å²) in [6, 6.07) is 6.71. The normalized spacial score (nSPS) is 16.8. The first-order valence-electron chi connectivity index (χ1n) is 10.6. The molecule has 2 aromatic heterocycles. The van der Waals surface area contributed by atoms with Gasteiger partial charge >= 0.3 is 0 Å². The number of hydrogen-bond acceptors (Lipinski definition) is 8. The van der Waals surface area contributed by atoms with E-state index >= 15 is 4.39 Å². The van der Waals surface area contributed by atoms with Crippen LogP contribution in [-0.2, 0) is 11.3 Å². The Kier molecular flexibility index (Phi) is 5.69. The van der Waals surface area contributed by atoms with E-state index in [2.05, 4.69) is 15.4 Å². The van der Waals surface area contributed by atoms with Crippen LogP contribution in [-0.4, -0.2) is 60.6 Å². The molecule has 172 valence electrons. The van der Waals surface area contributed by atoms with E-state index in [9.17, 15) is 0 Å². The Morgan fingerprint density at radius 1 is 1.24 bits per heavy atom. The maximum absolute atomic E-state index is 15.0. The number of rotatable bonds is 6. The van der Waals surface area contributed by atoms with E-state index < -0.39 is 5.82 Å². The Bertz CT molecular complexity index is 1300. The number of aromatic nitrogens is 3. The van der Waals surface area contributed by atoms with Crippen molar-refractivity contribution in [3.8, 4) is 11.5 Å². The van der Waals surface area contributed by atoms with Gasteiger partial charge in [-0.3, -0.25) is 4.98 Å². The highest BCUT2D eigenvalue weighted by molar-refractivity contribution is 5.74. The third kappa shape index (κ3) is 4.14. The molecule has 0 unspecified atom stereocenters. The van der Waals surface area contributed by atoms with Gasteiger partial charge in [0, 0.05) is 50.0 Å². The van der Waals surface area contributed by atoms with Crippen molar-refractivity contribution in [1.82, 2.24) is 25.0 Å². The zero-order valence-corrected chi connectivity index (χ0v) is 18.7. The van der Waals surface area contributed by atoms with Crippen molar-refractivity contribution >= 4 is 22.4 Å². The number of fused-ring (bicyclic) bond motifs is 1. The van der Waals surface area contributed by atoms with Crippen LogP contribution in [0.5, 0.6) is 11.5 Å². The number of ether oxygens (including phenoxy) is 3. The average Bonchev–Trinajstić information content (AvgIpc) is 3.24. The molecule has 0 amide bonds. The van der Waals surface area contributed by atoms with Crippen LogP contribution in [0.3, 0.4) is 0 Å². The molecule has 0 saturated carbocycles. The van der Waals surface area contributed by atoms with Crippen LogP contribution in [0, 0.1) is 11.7 Å². The minimum atomic E-state index is -0.554. The molecule has 0 spiro atoms. The van der Waals surface area contributed by atoms with Gasteiger partial charge in [-0.2, -0.15) is 0 Å². The minimum absolute atomic E-state index is 0.0692. The van der Waals surface area contributed by atoms with Gasteiger partial charge in [0.25, 0.3) is 0 Å². The molecule has 0 radical (unpaired) electrons. The third-order valence-electron chi connectivity index (χ3n) is 5.73. The lowest BCUT2D eigenvalue weighted by Gasteiger charge is -2.27. The second-order valence-corrected chi connectivity index (χ2v) is 8.04. The average molecular weight is 452 g/mol. The first kappa shape index (κ1) is 21.4. The van der Waals surface area contributed by atoms with Gasteiger partial charge in [0.15, 0.2) is 17.2 Å². The fourth-order valence-corrected chi connectivity index (χ4v) is 3.86. The highest BCUT2D eigenvalue weighted by Gasteiger charge is 2.21. The summed E-state index contributed by atoms with van der Waals surface area (Å²) >= 11 is 0. The Morgan fingerprint density at radius 2 is 2.09 bits per heavy atom. The lowest BCUT2D eigenvalue weighted by Crippen LogP contribution is -2.35. The molecule has 10 heteroatoms. The number of hydrazine groups is 1. The van der Waals surface area contributed by atoms with Crippen molar-refractivity contribution in [2.75, 3.05) is 41.0 Å². The SMILES string of the molecule is COc1cc(N=c2ccc3ncc(C4=CN(C)NC4)nc3n2CC2COC2)c(F)c(OC)c1. The molecular formula is C23H25FN6O3. The number of benzene rings is 1. The smallest absolute Gasteiger partial charge is 0.190 e. The van der Waals surface area contributed by atoms with E-state index in [1.165, 1.54) is 20.3 Å². The van der Waals surface area contributed by atoms with Gasteiger partial charge in [-0.1, -0.05) is 0 Å². The van der Waals surface area contributed by atoms with E-state index in [1.54, 1.807) is 12.3 Å². The van der Waals surface area contributed by atoms with Crippen molar-refractivity contribution in [2.24, 2.45) is 10.9 Å². The van der Waals surface area contributed by atoms with Crippen molar-refractivity contribution in [2.45, 2.75) is 6.54 Å². The fourth-order valence-electron chi connectivity index (χ4n) is 3.86. The topological polar surface area (TPSA) is 86.0 Å². The lowest BCUT2D eigenvalue weighted by molar-refractivity contribution is -0.0394. The number of nitrogens with zero attached hydrogens (tertiary/aromatic N) is 5. The van der Waals surface area contributed by atoms with E-state index in [0.717, 1.165) is 16.8 Å². The zero-order valence-electron chi connectivity index (χ0n) is 18.7. The van der Waals surface area contributed by atoms with E-state index in [0.29, 0.717) is 49.1 Å². The molecule has 2 aliphatic rings. The van der Waals surface area contributed by atoms with Gasteiger partial charge in [0.1, 0.15) is 22.4 Å². The molecular weight excluding hydrogens is 427 g/mol.